The molecule has 19 heavy (non-hydrogen) atoms. The van der Waals surface area contributed by atoms with Crippen LogP contribution in [-0.2, 0) is 6.54 Å². The van der Waals surface area contributed by atoms with Gasteiger partial charge in [0.15, 0.2) is 0 Å². The van der Waals surface area contributed by atoms with E-state index in [4.69, 9.17) is 0 Å². The predicted molar refractivity (Wildman–Crippen MR) is 66.2 cm³/mol. The van der Waals surface area contributed by atoms with Crippen molar-refractivity contribution in [3.8, 4) is 0 Å². The highest BCUT2D eigenvalue weighted by Crippen LogP contribution is 2.27. The Morgan fingerprint density at radius 1 is 1.37 bits per heavy atom. The van der Waals surface area contributed by atoms with E-state index in [2.05, 4.69) is 5.32 Å². The normalized spacial score (nSPS) is 26.2. The van der Waals surface area contributed by atoms with Crippen LogP contribution < -0.4 is 5.32 Å². The summed E-state index contributed by atoms with van der Waals surface area (Å²) in [6.07, 6.45) is -0.904. The largest absolute Gasteiger partial charge is 0.338 e. The predicted octanol–water partition coefficient (Wildman–Crippen LogP) is 1.04. The van der Waals surface area contributed by atoms with Crippen molar-refractivity contribution in [2.45, 2.75) is 13.0 Å². The smallest absolute Gasteiger partial charge is 0.270 e. The van der Waals surface area contributed by atoms with Crippen molar-refractivity contribution in [2.75, 3.05) is 26.2 Å². The number of amides is 1. The summed E-state index contributed by atoms with van der Waals surface area (Å²) in [6.45, 7) is 2.95. The first kappa shape index (κ1) is 12.6. The van der Waals surface area contributed by atoms with Crippen LogP contribution in [0.2, 0.25) is 0 Å². The molecule has 2 fully saturated rings. The van der Waals surface area contributed by atoms with Gasteiger partial charge in [-0.25, -0.2) is 8.78 Å². The van der Waals surface area contributed by atoms with Crippen LogP contribution in [0.15, 0.2) is 18.3 Å². The minimum Gasteiger partial charge on any atom is -0.338 e. The summed E-state index contributed by atoms with van der Waals surface area (Å²) in [5.74, 6) is 0.907. The van der Waals surface area contributed by atoms with E-state index in [1.807, 2.05) is 0 Å². The Kier molecular flexibility index (Phi) is 3.26. The Balaban J connectivity index is 1.72. The second-order valence-electron chi connectivity index (χ2n) is 5.33. The fourth-order valence-corrected chi connectivity index (χ4v) is 3.10. The van der Waals surface area contributed by atoms with Gasteiger partial charge in [0.1, 0.15) is 5.69 Å². The van der Waals surface area contributed by atoms with Crippen molar-refractivity contribution in [1.82, 2.24) is 14.8 Å². The molecule has 6 heteroatoms. The Bertz CT molecular complexity index is 462. The number of hydrogen-bond donors (Lipinski definition) is 1. The zero-order chi connectivity index (χ0) is 13.4. The molecule has 0 radical (unpaired) electrons. The fourth-order valence-electron chi connectivity index (χ4n) is 3.10. The quantitative estimate of drug-likeness (QED) is 0.890. The zero-order valence-electron chi connectivity index (χ0n) is 10.6. The van der Waals surface area contributed by atoms with E-state index in [0.29, 0.717) is 17.5 Å². The fraction of sp³-hybridized carbons (Fsp3) is 0.615. The van der Waals surface area contributed by atoms with Crippen LogP contribution >= 0.6 is 0 Å². The summed E-state index contributed by atoms with van der Waals surface area (Å²) in [7, 11) is 0. The third-order valence-corrected chi connectivity index (χ3v) is 4.06. The number of carbonyl (C=O) groups is 1. The third kappa shape index (κ3) is 2.36. The molecule has 0 bridgehead atoms. The number of nitrogens with zero attached hydrogens (tertiary/aromatic N) is 2. The molecule has 1 amide bonds. The monoisotopic (exact) mass is 269 g/mol. The van der Waals surface area contributed by atoms with Crippen LogP contribution in [0.1, 0.15) is 10.5 Å². The summed E-state index contributed by atoms with van der Waals surface area (Å²) in [5, 5.41) is 3.31. The Hall–Kier alpha value is -1.43. The molecule has 0 aliphatic carbocycles. The average Bonchev–Trinajstić information content (AvgIpc) is 2.99. The summed E-state index contributed by atoms with van der Waals surface area (Å²) in [5.41, 5.74) is 0.369. The SMILES string of the molecule is O=C(c1cccn1CC(F)F)N1C[C@H]2CNC[C@H]2C1. The molecular weight excluding hydrogens is 252 g/mol. The first-order chi connectivity index (χ1) is 9.15. The van der Waals surface area contributed by atoms with Crippen molar-refractivity contribution in [3.63, 3.8) is 0 Å². The van der Waals surface area contributed by atoms with E-state index >= 15 is 0 Å². The van der Waals surface area contributed by atoms with E-state index in [1.54, 1.807) is 17.0 Å². The molecule has 2 saturated heterocycles. The van der Waals surface area contributed by atoms with Gasteiger partial charge < -0.3 is 14.8 Å². The lowest BCUT2D eigenvalue weighted by molar-refractivity contribution is 0.0760. The van der Waals surface area contributed by atoms with Gasteiger partial charge in [-0.05, 0) is 24.0 Å². The van der Waals surface area contributed by atoms with Crippen molar-refractivity contribution >= 4 is 5.91 Å². The van der Waals surface area contributed by atoms with Gasteiger partial charge in [-0.1, -0.05) is 0 Å². The standard InChI is InChI=1S/C13H17F2N3O/c14-12(15)8-17-3-1-2-11(17)13(19)18-6-9-4-16-5-10(9)7-18/h1-3,9-10,12,16H,4-8H2/t9-,10+. The number of aromatic nitrogens is 1. The summed E-state index contributed by atoms with van der Waals surface area (Å²) >= 11 is 0. The van der Waals surface area contributed by atoms with Crippen LogP contribution in [0.4, 0.5) is 8.78 Å². The summed E-state index contributed by atoms with van der Waals surface area (Å²) in [4.78, 5) is 14.2. The average molecular weight is 269 g/mol. The number of nitrogens with one attached hydrogen (secondary N) is 1. The molecule has 3 heterocycles. The van der Waals surface area contributed by atoms with E-state index < -0.39 is 13.0 Å². The highest BCUT2D eigenvalue weighted by atomic mass is 19.3. The molecule has 3 rings (SSSR count). The highest BCUT2D eigenvalue weighted by molar-refractivity contribution is 5.93. The number of halogens is 2. The van der Waals surface area contributed by atoms with E-state index in [-0.39, 0.29) is 5.91 Å². The lowest BCUT2D eigenvalue weighted by atomic mass is 10.0. The van der Waals surface area contributed by atoms with Crippen LogP contribution in [0.5, 0.6) is 0 Å². The maximum absolute atomic E-state index is 12.5. The van der Waals surface area contributed by atoms with Crippen LogP contribution in [0, 0.1) is 11.8 Å². The summed E-state index contributed by atoms with van der Waals surface area (Å²) < 4.78 is 26.3. The lowest BCUT2D eigenvalue weighted by Crippen LogP contribution is -2.33. The van der Waals surface area contributed by atoms with Gasteiger partial charge >= 0.3 is 0 Å². The highest BCUT2D eigenvalue weighted by Gasteiger charge is 2.38. The van der Waals surface area contributed by atoms with E-state index in [1.165, 1.54) is 10.8 Å². The molecule has 0 unspecified atom stereocenters. The molecule has 0 saturated carbocycles. The van der Waals surface area contributed by atoms with Gasteiger partial charge in [-0.15, -0.1) is 0 Å². The lowest BCUT2D eigenvalue weighted by Gasteiger charge is -2.18. The van der Waals surface area contributed by atoms with Gasteiger partial charge in [0.25, 0.3) is 12.3 Å². The Morgan fingerprint density at radius 2 is 2.05 bits per heavy atom. The van der Waals surface area contributed by atoms with Crippen LogP contribution in [0.25, 0.3) is 0 Å². The Labute approximate surface area is 110 Å². The van der Waals surface area contributed by atoms with Crippen molar-refractivity contribution in [2.24, 2.45) is 11.8 Å². The van der Waals surface area contributed by atoms with Gasteiger partial charge in [0.2, 0.25) is 0 Å². The molecule has 4 nitrogen and oxygen atoms in total. The molecule has 1 aromatic heterocycles. The molecule has 0 spiro atoms. The number of fused-ring (bicyclic) bond motifs is 1. The van der Waals surface area contributed by atoms with Crippen molar-refractivity contribution in [1.29, 1.82) is 0 Å². The molecule has 2 aliphatic rings. The van der Waals surface area contributed by atoms with Crippen molar-refractivity contribution in [3.05, 3.63) is 24.0 Å². The first-order valence-electron chi connectivity index (χ1n) is 6.58. The molecule has 1 N–H and O–H groups in total. The van der Waals surface area contributed by atoms with E-state index in [0.717, 1.165) is 26.2 Å². The minimum absolute atomic E-state index is 0.125. The molecule has 0 aromatic carbocycles. The minimum atomic E-state index is -2.44. The number of alkyl halides is 2. The molecule has 1 aromatic rings. The number of likely N-dealkylation sites (tertiary alicyclic amines) is 1. The zero-order valence-corrected chi connectivity index (χ0v) is 10.6. The maximum Gasteiger partial charge on any atom is 0.270 e. The molecular formula is C13H17F2N3O. The number of hydrogen-bond acceptors (Lipinski definition) is 2. The van der Waals surface area contributed by atoms with Gasteiger partial charge in [-0.2, -0.15) is 0 Å². The van der Waals surface area contributed by atoms with Gasteiger partial charge in [0.05, 0.1) is 6.54 Å². The maximum atomic E-state index is 12.5. The third-order valence-electron chi connectivity index (χ3n) is 4.06. The van der Waals surface area contributed by atoms with Gasteiger partial charge in [0, 0.05) is 32.4 Å². The first-order valence-corrected chi connectivity index (χ1v) is 6.58. The van der Waals surface area contributed by atoms with Gasteiger partial charge in [-0.3, -0.25) is 4.79 Å². The van der Waals surface area contributed by atoms with Crippen molar-refractivity contribution < 1.29 is 13.6 Å². The van der Waals surface area contributed by atoms with Crippen LogP contribution in [-0.4, -0.2) is 48.0 Å². The molecule has 2 aliphatic heterocycles. The Morgan fingerprint density at radius 3 is 2.68 bits per heavy atom. The summed E-state index contributed by atoms with van der Waals surface area (Å²) in [6, 6.07) is 3.27. The second-order valence-corrected chi connectivity index (χ2v) is 5.33. The van der Waals surface area contributed by atoms with E-state index in [9.17, 15) is 13.6 Å². The topological polar surface area (TPSA) is 37.3 Å². The second kappa shape index (κ2) is 4.92. The molecule has 104 valence electrons. The van der Waals surface area contributed by atoms with Crippen LogP contribution in [0.3, 0.4) is 0 Å². The molecule has 2 atom stereocenters. The number of carbonyl (C=O) groups excluding carboxylic acids is 1. The number of rotatable bonds is 3.